The van der Waals surface area contributed by atoms with Crippen LogP contribution in [0.3, 0.4) is 0 Å². The van der Waals surface area contributed by atoms with Crippen molar-refractivity contribution in [1.82, 2.24) is 15.3 Å². The second-order valence-corrected chi connectivity index (χ2v) is 10.5. The van der Waals surface area contributed by atoms with Gasteiger partial charge in [0.05, 0.1) is 21.3 Å². The largest absolute Gasteiger partial charge is 0.444 e. The predicted octanol–water partition coefficient (Wildman–Crippen LogP) is 5.35. The number of benzene rings is 1. The zero-order valence-corrected chi connectivity index (χ0v) is 20.5. The van der Waals surface area contributed by atoms with E-state index < -0.39 is 17.7 Å². The fourth-order valence-corrected chi connectivity index (χ4v) is 4.73. The molecular weight excluding hydrogens is 444 g/mol. The van der Waals surface area contributed by atoms with Crippen LogP contribution in [0.1, 0.15) is 43.5 Å². The summed E-state index contributed by atoms with van der Waals surface area (Å²) in [4.78, 5) is 35.3. The molecule has 3 rings (SSSR count). The number of aromatic nitrogens is 2. The molecule has 2 N–H and O–H groups in total. The van der Waals surface area contributed by atoms with Crippen molar-refractivity contribution in [2.45, 2.75) is 59.1 Å². The predicted molar refractivity (Wildman–Crippen MR) is 129 cm³/mol. The van der Waals surface area contributed by atoms with Crippen LogP contribution in [0.4, 0.5) is 9.93 Å². The summed E-state index contributed by atoms with van der Waals surface area (Å²) in [6, 6.07) is 9.07. The molecule has 0 unspecified atom stereocenters. The molecule has 3 aromatic rings. The second-order valence-electron chi connectivity index (χ2n) is 8.40. The summed E-state index contributed by atoms with van der Waals surface area (Å²) in [5.41, 5.74) is 2.14. The Bertz CT molecular complexity index is 1070. The fourth-order valence-electron chi connectivity index (χ4n) is 3.07. The molecule has 170 valence electrons. The van der Waals surface area contributed by atoms with E-state index in [1.807, 2.05) is 49.6 Å². The third-order valence-corrected chi connectivity index (χ3v) is 6.30. The van der Waals surface area contributed by atoms with Crippen LogP contribution >= 0.6 is 22.7 Å². The molecule has 0 radical (unpaired) electrons. The Labute approximate surface area is 196 Å². The lowest BCUT2D eigenvalue weighted by atomic mass is 10.0. The van der Waals surface area contributed by atoms with Crippen molar-refractivity contribution < 1.29 is 14.3 Å². The molecular formula is C23H28N4O3S2. The molecule has 7 nitrogen and oxygen atoms in total. The molecule has 9 heteroatoms. The number of nitrogens with one attached hydrogen (secondary N) is 2. The number of aryl methyl sites for hydroxylation is 3. The minimum absolute atomic E-state index is 0.329. The van der Waals surface area contributed by atoms with Crippen molar-refractivity contribution in [2.24, 2.45) is 0 Å². The van der Waals surface area contributed by atoms with Crippen LogP contribution in [0.5, 0.6) is 0 Å². The minimum Gasteiger partial charge on any atom is -0.444 e. The summed E-state index contributed by atoms with van der Waals surface area (Å²) in [6.07, 6.45) is 0.443. The normalized spacial score (nSPS) is 12.3. The maximum absolute atomic E-state index is 13.0. The van der Waals surface area contributed by atoms with Gasteiger partial charge in [-0.25, -0.2) is 14.8 Å². The number of amides is 2. The highest BCUT2D eigenvalue weighted by Crippen LogP contribution is 2.32. The summed E-state index contributed by atoms with van der Waals surface area (Å²) in [6.45, 7) is 9.25. The maximum atomic E-state index is 13.0. The van der Waals surface area contributed by atoms with E-state index in [4.69, 9.17) is 4.74 Å². The molecule has 0 saturated carbocycles. The maximum Gasteiger partial charge on any atom is 0.408 e. The monoisotopic (exact) mass is 472 g/mol. The molecule has 0 fully saturated rings. The van der Waals surface area contributed by atoms with Crippen LogP contribution in [0.15, 0.2) is 35.7 Å². The van der Waals surface area contributed by atoms with Gasteiger partial charge in [0, 0.05) is 5.38 Å². The van der Waals surface area contributed by atoms with Gasteiger partial charge in [-0.15, -0.1) is 22.7 Å². The van der Waals surface area contributed by atoms with E-state index in [0.29, 0.717) is 18.0 Å². The smallest absolute Gasteiger partial charge is 0.408 e. The quantitative estimate of drug-likeness (QED) is 0.484. The first-order chi connectivity index (χ1) is 15.1. The van der Waals surface area contributed by atoms with E-state index in [-0.39, 0.29) is 5.91 Å². The Hall–Kier alpha value is -2.78. The topological polar surface area (TPSA) is 93.2 Å². The number of carbonyl (C=O) groups is 2. The lowest BCUT2D eigenvalue weighted by molar-refractivity contribution is -0.118. The molecule has 2 amide bonds. The first kappa shape index (κ1) is 23.9. The van der Waals surface area contributed by atoms with E-state index in [1.54, 1.807) is 32.1 Å². The number of alkyl carbamates (subject to hydrolysis) is 1. The van der Waals surface area contributed by atoms with Gasteiger partial charge >= 0.3 is 6.09 Å². The number of thiazole rings is 2. The summed E-state index contributed by atoms with van der Waals surface area (Å²) in [7, 11) is 0. The average molecular weight is 473 g/mol. The first-order valence-electron chi connectivity index (χ1n) is 10.3. The second kappa shape index (κ2) is 10.2. The van der Waals surface area contributed by atoms with Gasteiger partial charge in [-0.1, -0.05) is 30.3 Å². The molecule has 0 spiro atoms. The lowest BCUT2D eigenvalue weighted by Gasteiger charge is -2.23. The molecule has 0 aliphatic carbocycles. The summed E-state index contributed by atoms with van der Waals surface area (Å²) in [5, 5.41) is 8.90. The van der Waals surface area contributed by atoms with Gasteiger partial charge in [-0.2, -0.15) is 0 Å². The number of hydrogen-bond donors (Lipinski definition) is 2. The van der Waals surface area contributed by atoms with Crippen molar-refractivity contribution >= 4 is 39.8 Å². The minimum atomic E-state index is -0.759. The highest BCUT2D eigenvalue weighted by Gasteiger charge is 2.25. The van der Waals surface area contributed by atoms with Crippen LogP contribution in [0, 0.1) is 13.8 Å². The van der Waals surface area contributed by atoms with Gasteiger partial charge in [0.2, 0.25) is 5.91 Å². The number of ether oxygens (including phenoxy) is 1. The molecule has 1 atom stereocenters. The summed E-state index contributed by atoms with van der Waals surface area (Å²) >= 11 is 2.92. The number of anilines is 1. The van der Waals surface area contributed by atoms with E-state index >= 15 is 0 Å². The zero-order valence-electron chi connectivity index (χ0n) is 18.9. The number of nitrogens with zero attached hydrogens (tertiary/aromatic N) is 2. The van der Waals surface area contributed by atoms with Gasteiger partial charge in [0.1, 0.15) is 11.6 Å². The van der Waals surface area contributed by atoms with Gasteiger partial charge in [0.15, 0.2) is 5.13 Å². The zero-order chi connectivity index (χ0) is 23.3. The molecule has 1 aromatic carbocycles. The van der Waals surface area contributed by atoms with Gasteiger partial charge in [-0.05, 0) is 53.0 Å². The Kier molecular flexibility index (Phi) is 7.63. The van der Waals surface area contributed by atoms with E-state index in [9.17, 15) is 9.59 Å². The van der Waals surface area contributed by atoms with Gasteiger partial charge < -0.3 is 15.4 Å². The Morgan fingerprint density at radius 1 is 1.12 bits per heavy atom. The number of rotatable bonds is 7. The van der Waals surface area contributed by atoms with E-state index in [2.05, 4.69) is 20.6 Å². The van der Waals surface area contributed by atoms with Crippen molar-refractivity contribution in [1.29, 1.82) is 0 Å². The Balaban J connectivity index is 1.70. The molecule has 0 aliphatic rings. The first-order valence-corrected chi connectivity index (χ1v) is 12.0. The van der Waals surface area contributed by atoms with E-state index in [1.165, 1.54) is 11.3 Å². The van der Waals surface area contributed by atoms with E-state index in [0.717, 1.165) is 26.8 Å². The van der Waals surface area contributed by atoms with Crippen LogP contribution in [0.25, 0.3) is 10.6 Å². The van der Waals surface area contributed by atoms with Crippen LogP contribution < -0.4 is 10.6 Å². The standard InChI is InChI=1S/C23H28N4O3S2/c1-14-19(32-15(2)24-14)18-13-31-21(25-18)27-20(28)17(26-22(29)30-23(3,4)5)12-11-16-9-7-6-8-10-16/h6-10,13,17H,11-12H2,1-5H3,(H,26,29)(H,25,27,28)/t17-/m0/s1. The third kappa shape index (κ3) is 6.86. The van der Waals surface area contributed by atoms with Crippen LogP contribution in [-0.4, -0.2) is 33.6 Å². The molecule has 32 heavy (non-hydrogen) atoms. The van der Waals surface area contributed by atoms with Crippen molar-refractivity contribution in [3.63, 3.8) is 0 Å². The summed E-state index contributed by atoms with van der Waals surface area (Å²) < 4.78 is 5.35. The Morgan fingerprint density at radius 3 is 2.47 bits per heavy atom. The highest BCUT2D eigenvalue weighted by molar-refractivity contribution is 7.16. The van der Waals surface area contributed by atoms with Gasteiger partial charge in [0.25, 0.3) is 0 Å². The molecule has 2 aromatic heterocycles. The summed E-state index contributed by atoms with van der Waals surface area (Å²) in [5.74, 6) is -0.329. The number of hydrogen-bond acceptors (Lipinski definition) is 7. The third-order valence-electron chi connectivity index (χ3n) is 4.44. The molecule has 0 aliphatic heterocycles. The number of carbonyl (C=O) groups excluding carboxylic acids is 2. The Morgan fingerprint density at radius 2 is 1.84 bits per heavy atom. The van der Waals surface area contributed by atoms with Crippen LogP contribution in [0.2, 0.25) is 0 Å². The van der Waals surface area contributed by atoms with Crippen molar-refractivity contribution in [3.8, 4) is 10.6 Å². The molecule has 0 saturated heterocycles. The fraction of sp³-hybridized carbons (Fsp3) is 0.391. The van der Waals surface area contributed by atoms with Gasteiger partial charge in [-0.3, -0.25) is 4.79 Å². The molecule has 2 heterocycles. The average Bonchev–Trinajstić information content (AvgIpc) is 3.29. The van der Waals surface area contributed by atoms with Crippen LogP contribution in [-0.2, 0) is 16.0 Å². The molecule has 0 bridgehead atoms. The van der Waals surface area contributed by atoms with Crippen molar-refractivity contribution in [3.05, 3.63) is 52.0 Å². The SMILES string of the molecule is Cc1nc(C)c(-c2csc(NC(=O)[C@H](CCc3ccccc3)NC(=O)OC(C)(C)C)n2)s1. The lowest BCUT2D eigenvalue weighted by Crippen LogP contribution is -2.46. The van der Waals surface area contributed by atoms with Crippen molar-refractivity contribution in [2.75, 3.05) is 5.32 Å². The highest BCUT2D eigenvalue weighted by atomic mass is 32.1.